The van der Waals surface area contributed by atoms with E-state index < -0.39 is 0 Å². The van der Waals surface area contributed by atoms with Crippen molar-refractivity contribution in [2.45, 2.75) is 13.0 Å². The Morgan fingerprint density at radius 2 is 1.88 bits per heavy atom. The molecule has 3 rings (SSSR count). The third-order valence-corrected chi connectivity index (χ3v) is 3.90. The lowest BCUT2D eigenvalue weighted by molar-refractivity contribution is 0.240. The lowest BCUT2D eigenvalue weighted by Crippen LogP contribution is -2.36. The molecule has 0 atom stereocenters. The number of carbonyl (C=O) groups excluding carboxylic acids is 1. The van der Waals surface area contributed by atoms with Gasteiger partial charge in [0.2, 0.25) is 0 Å². The number of carbonyl (C=O) groups is 1. The van der Waals surface area contributed by atoms with Crippen LogP contribution in [0.3, 0.4) is 0 Å². The van der Waals surface area contributed by atoms with E-state index in [4.69, 9.17) is 0 Å². The van der Waals surface area contributed by atoms with E-state index in [1.807, 2.05) is 43.4 Å². The maximum absolute atomic E-state index is 11.9. The monoisotopic (exact) mass is 335 g/mol. The zero-order valence-electron chi connectivity index (χ0n) is 14.1. The molecule has 2 heterocycles. The van der Waals surface area contributed by atoms with Crippen LogP contribution in [-0.2, 0) is 20.0 Å². The van der Waals surface area contributed by atoms with Gasteiger partial charge in [0.15, 0.2) is 0 Å². The van der Waals surface area contributed by atoms with Crippen molar-refractivity contribution in [3.8, 4) is 11.4 Å². The molecule has 0 spiro atoms. The number of aryl methyl sites for hydroxylation is 1. The summed E-state index contributed by atoms with van der Waals surface area (Å²) < 4.78 is 1.78. The van der Waals surface area contributed by atoms with Crippen molar-refractivity contribution >= 4 is 6.03 Å². The molecule has 0 saturated carbocycles. The fourth-order valence-corrected chi connectivity index (χ4v) is 2.52. The Bertz CT molecular complexity index is 811. The van der Waals surface area contributed by atoms with Crippen LogP contribution in [-0.4, -0.2) is 27.3 Å². The van der Waals surface area contributed by atoms with Gasteiger partial charge in [-0.2, -0.15) is 5.10 Å². The molecule has 0 bridgehead atoms. The Morgan fingerprint density at radius 3 is 2.56 bits per heavy atom. The highest BCUT2D eigenvalue weighted by molar-refractivity contribution is 5.73. The van der Waals surface area contributed by atoms with E-state index in [0.717, 1.165) is 23.4 Å². The molecule has 6 heteroatoms. The van der Waals surface area contributed by atoms with Crippen molar-refractivity contribution < 1.29 is 4.79 Å². The molecular formula is C19H21N5O. The van der Waals surface area contributed by atoms with Crippen LogP contribution in [0.15, 0.2) is 60.9 Å². The number of nitrogens with zero attached hydrogens (tertiary/aromatic N) is 3. The second kappa shape index (κ2) is 8.10. The highest BCUT2D eigenvalue weighted by Gasteiger charge is 2.05. The number of urea groups is 1. The summed E-state index contributed by atoms with van der Waals surface area (Å²) in [6.07, 6.45) is 4.33. The number of benzene rings is 1. The van der Waals surface area contributed by atoms with Crippen molar-refractivity contribution in [3.63, 3.8) is 0 Å². The molecule has 0 aliphatic heterocycles. The van der Waals surface area contributed by atoms with E-state index in [0.29, 0.717) is 13.1 Å². The number of amides is 2. The van der Waals surface area contributed by atoms with E-state index in [-0.39, 0.29) is 6.03 Å². The zero-order valence-corrected chi connectivity index (χ0v) is 14.1. The maximum atomic E-state index is 11.9. The Morgan fingerprint density at radius 1 is 1.04 bits per heavy atom. The molecular weight excluding hydrogens is 314 g/mol. The molecule has 0 radical (unpaired) electrons. The van der Waals surface area contributed by atoms with Crippen LogP contribution in [0, 0.1) is 0 Å². The number of nitrogens with one attached hydrogen (secondary N) is 2. The summed E-state index contributed by atoms with van der Waals surface area (Å²) in [4.78, 5) is 16.3. The molecule has 128 valence electrons. The first-order valence-corrected chi connectivity index (χ1v) is 8.21. The van der Waals surface area contributed by atoms with Crippen molar-refractivity contribution in [2.24, 2.45) is 7.05 Å². The molecule has 2 amide bonds. The lowest BCUT2D eigenvalue weighted by Gasteiger charge is -2.08. The minimum atomic E-state index is -0.174. The Labute approximate surface area is 146 Å². The number of hydrogen-bond donors (Lipinski definition) is 2. The van der Waals surface area contributed by atoms with Crippen molar-refractivity contribution in [1.82, 2.24) is 25.4 Å². The first-order valence-electron chi connectivity index (χ1n) is 8.21. The van der Waals surface area contributed by atoms with Gasteiger partial charge < -0.3 is 10.6 Å². The van der Waals surface area contributed by atoms with Gasteiger partial charge in [0.25, 0.3) is 0 Å². The van der Waals surface area contributed by atoms with Gasteiger partial charge in [-0.05, 0) is 29.7 Å². The van der Waals surface area contributed by atoms with Crippen LogP contribution in [0.1, 0.15) is 11.1 Å². The van der Waals surface area contributed by atoms with E-state index in [2.05, 4.69) is 32.8 Å². The molecule has 0 unspecified atom stereocenters. The quantitative estimate of drug-likeness (QED) is 0.727. The van der Waals surface area contributed by atoms with Crippen LogP contribution >= 0.6 is 0 Å². The number of rotatable bonds is 6. The standard InChI is InChI=1S/C19H21N5O/c1-24-18(10-12-23-24)17-8-7-16(13-21-17)14-22-19(25)20-11-9-15-5-3-2-4-6-15/h2-8,10,12-13H,9,11,14H2,1H3,(H2,20,22,25). The van der Waals surface area contributed by atoms with E-state index in [1.54, 1.807) is 17.1 Å². The van der Waals surface area contributed by atoms with Gasteiger partial charge in [-0.25, -0.2) is 4.79 Å². The minimum absolute atomic E-state index is 0.174. The molecule has 1 aromatic carbocycles. The maximum Gasteiger partial charge on any atom is 0.315 e. The van der Waals surface area contributed by atoms with E-state index >= 15 is 0 Å². The average Bonchev–Trinajstić information content (AvgIpc) is 3.07. The first kappa shape index (κ1) is 16.7. The largest absolute Gasteiger partial charge is 0.338 e. The smallest absolute Gasteiger partial charge is 0.315 e. The Balaban J connectivity index is 1.43. The van der Waals surface area contributed by atoms with Gasteiger partial charge in [0.05, 0.1) is 11.4 Å². The Hall–Kier alpha value is -3.15. The predicted molar refractivity (Wildman–Crippen MR) is 96.8 cm³/mol. The van der Waals surface area contributed by atoms with Crippen LogP contribution in [0.25, 0.3) is 11.4 Å². The van der Waals surface area contributed by atoms with Gasteiger partial charge >= 0.3 is 6.03 Å². The first-order chi connectivity index (χ1) is 12.2. The average molecular weight is 335 g/mol. The van der Waals surface area contributed by atoms with Crippen molar-refractivity contribution in [1.29, 1.82) is 0 Å². The second-order valence-corrected chi connectivity index (χ2v) is 5.74. The van der Waals surface area contributed by atoms with Gasteiger partial charge in [0, 0.05) is 32.5 Å². The predicted octanol–water partition coefficient (Wildman–Crippen LogP) is 2.52. The summed E-state index contributed by atoms with van der Waals surface area (Å²) in [5.41, 5.74) is 3.97. The molecule has 0 aliphatic carbocycles. The third-order valence-electron chi connectivity index (χ3n) is 3.90. The summed E-state index contributed by atoms with van der Waals surface area (Å²) in [5, 5.41) is 9.84. The summed E-state index contributed by atoms with van der Waals surface area (Å²) in [5.74, 6) is 0. The lowest BCUT2D eigenvalue weighted by atomic mass is 10.1. The van der Waals surface area contributed by atoms with Crippen LogP contribution in [0.2, 0.25) is 0 Å². The highest BCUT2D eigenvalue weighted by atomic mass is 16.2. The fraction of sp³-hybridized carbons (Fsp3) is 0.211. The van der Waals surface area contributed by atoms with E-state index in [9.17, 15) is 4.79 Å². The number of aromatic nitrogens is 3. The molecule has 2 N–H and O–H groups in total. The zero-order chi connectivity index (χ0) is 17.5. The summed E-state index contributed by atoms with van der Waals surface area (Å²) in [6.45, 7) is 1.05. The topological polar surface area (TPSA) is 71.8 Å². The van der Waals surface area contributed by atoms with Gasteiger partial charge in [-0.3, -0.25) is 9.67 Å². The molecule has 2 aromatic heterocycles. The van der Waals surface area contributed by atoms with Crippen LogP contribution in [0.5, 0.6) is 0 Å². The SMILES string of the molecule is Cn1nccc1-c1ccc(CNC(=O)NCCc2ccccc2)cn1. The van der Waals surface area contributed by atoms with Gasteiger partial charge in [-0.15, -0.1) is 0 Å². The fourth-order valence-electron chi connectivity index (χ4n) is 2.52. The minimum Gasteiger partial charge on any atom is -0.338 e. The van der Waals surface area contributed by atoms with Gasteiger partial charge in [-0.1, -0.05) is 36.4 Å². The molecule has 3 aromatic rings. The Kier molecular flexibility index (Phi) is 5.41. The van der Waals surface area contributed by atoms with Gasteiger partial charge in [0.1, 0.15) is 0 Å². The molecule has 25 heavy (non-hydrogen) atoms. The van der Waals surface area contributed by atoms with E-state index in [1.165, 1.54) is 5.56 Å². The molecule has 0 fully saturated rings. The summed E-state index contributed by atoms with van der Waals surface area (Å²) in [7, 11) is 1.88. The third kappa shape index (κ3) is 4.67. The summed E-state index contributed by atoms with van der Waals surface area (Å²) >= 11 is 0. The molecule has 6 nitrogen and oxygen atoms in total. The highest BCUT2D eigenvalue weighted by Crippen LogP contribution is 2.15. The number of pyridine rings is 1. The number of hydrogen-bond acceptors (Lipinski definition) is 3. The molecule has 0 saturated heterocycles. The van der Waals surface area contributed by atoms with Crippen LogP contribution < -0.4 is 10.6 Å². The normalized spacial score (nSPS) is 10.4. The van der Waals surface area contributed by atoms with Crippen molar-refractivity contribution in [3.05, 3.63) is 72.1 Å². The summed E-state index contributed by atoms with van der Waals surface area (Å²) in [6, 6.07) is 15.7. The van der Waals surface area contributed by atoms with Crippen molar-refractivity contribution in [2.75, 3.05) is 6.54 Å². The molecule has 0 aliphatic rings. The van der Waals surface area contributed by atoms with Crippen LogP contribution in [0.4, 0.5) is 4.79 Å². The second-order valence-electron chi connectivity index (χ2n) is 5.74.